The van der Waals surface area contributed by atoms with Crippen LogP contribution in [-0.2, 0) is 9.59 Å². The molecule has 8 nitrogen and oxygen atoms in total. The molecule has 0 spiro atoms. The lowest BCUT2D eigenvalue weighted by molar-refractivity contribution is -0.125. The molecule has 0 aromatic rings. The summed E-state index contributed by atoms with van der Waals surface area (Å²) >= 11 is 0. The van der Waals surface area contributed by atoms with Gasteiger partial charge in [-0.05, 0) is 38.6 Å². The van der Waals surface area contributed by atoms with Gasteiger partial charge < -0.3 is 33.0 Å². The van der Waals surface area contributed by atoms with Crippen LogP contribution in [0.4, 0.5) is 0 Å². The molecular weight excluding hydrogens is 260 g/mol. The van der Waals surface area contributed by atoms with Crippen LogP contribution in [0.1, 0.15) is 32.1 Å². The van der Waals surface area contributed by atoms with E-state index in [1.54, 1.807) is 0 Å². The van der Waals surface area contributed by atoms with E-state index in [1.807, 2.05) is 0 Å². The van der Waals surface area contributed by atoms with Gasteiger partial charge in [-0.1, -0.05) is 0 Å². The lowest BCUT2D eigenvalue weighted by Crippen LogP contribution is -2.46. The highest BCUT2D eigenvalue weighted by Gasteiger charge is 2.17. The third-order valence-electron chi connectivity index (χ3n) is 2.77. The minimum absolute atomic E-state index is 0.0175. The summed E-state index contributed by atoms with van der Waals surface area (Å²) in [4.78, 5) is 26.4. The second-order valence-electron chi connectivity index (χ2n) is 4.59. The summed E-state index contributed by atoms with van der Waals surface area (Å²) in [6.07, 6.45) is 3.97. The van der Waals surface area contributed by atoms with Crippen molar-refractivity contribution < 1.29 is 9.59 Å². The average Bonchev–Trinajstić information content (AvgIpc) is 2.41. The standard InChI is InChI=1S/C12H26N6O2/c13-6-2-1-4-9(8-19)18-11(20)10(14)5-3-7-17-12(15)16/h8-10H,1-7,13-14H2,(H,18,20)(H4,15,16,17). The molecule has 0 aromatic heterocycles. The lowest BCUT2D eigenvalue weighted by atomic mass is 10.1. The first-order valence-electron chi connectivity index (χ1n) is 6.78. The predicted octanol–water partition coefficient (Wildman–Crippen LogP) is -1.82. The largest absolute Gasteiger partial charge is 0.370 e. The SMILES string of the molecule is NCCCCC(C=O)NC(=O)C(N)CCCN=C(N)N. The van der Waals surface area contributed by atoms with E-state index in [9.17, 15) is 9.59 Å². The van der Waals surface area contributed by atoms with E-state index in [-0.39, 0.29) is 11.9 Å². The minimum atomic E-state index is -0.666. The Bertz CT molecular complexity index is 317. The highest BCUT2D eigenvalue weighted by atomic mass is 16.2. The fourth-order valence-corrected chi connectivity index (χ4v) is 1.62. The zero-order valence-electron chi connectivity index (χ0n) is 11.8. The molecule has 20 heavy (non-hydrogen) atoms. The Balaban J connectivity index is 3.97. The number of nitrogens with zero attached hydrogens (tertiary/aromatic N) is 1. The topological polar surface area (TPSA) is 163 Å². The van der Waals surface area contributed by atoms with Crippen LogP contribution in [0.3, 0.4) is 0 Å². The molecule has 0 aliphatic carbocycles. The number of aldehydes is 1. The summed E-state index contributed by atoms with van der Waals surface area (Å²) < 4.78 is 0. The quantitative estimate of drug-likeness (QED) is 0.130. The number of carbonyl (C=O) groups is 2. The van der Waals surface area contributed by atoms with E-state index in [2.05, 4.69) is 10.3 Å². The molecule has 1 amide bonds. The molecule has 0 radical (unpaired) electrons. The van der Waals surface area contributed by atoms with Crippen LogP contribution in [0.25, 0.3) is 0 Å². The van der Waals surface area contributed by atoms with E-state index in [0.717, 1.165) is 19.1 Å². The molecule has 0 saturated carbocycles. The van der Waals surface area contributed by atoms with Crippen LogP contribution in [0.5, 0.6) is 0 Å². The molecule has 0 bridgehead atoms. The molecule has 0 aromatic carbocycles. The monoisotopic (exact) mass is 286 g/mol. The Kier molecular flexibility index (Phi) is 10.2. The smallest absolute Gasteiger partial charge is 0.237 e. The van der Waals surface area contributed by atoms with E-state index < -0.39 is 12.1 Å². The molecule has 0 aliphatic heterocycles. The highest BCUT2D eigenvalue weighted by Crippen LogP contribution is 2.00. The van der Waals surface area contributed by atoms with Crippen molar-refractivity contribution in [3.8, 4) is 0 Å². The maximum atomic E-state index is 11.8. The predicted molar refractivity (Wildman–Crippen MR) is 78.8 cm³/mol. The van der Waals surface area contributed by atoms with Crippen LogP contribution < -0.4 is 28.3 Å². The molecule has 2 unspecified atom stereocenters. The number of amides is 1. The molecule has 116 valence electrons. The van der Waals surface area contributed by atoms with Gasteiger partial charge in [0, 0.05) is 6.54 Å². The summed E-state index contributed by atoms with van der Waals surface area (Å²) in [5.74, 6) is -0.316. The summed E-state index contributed by atoms with van der Waals surface area (Å²) in [7, 11) is 0. The van der Waals surface area contributed by atoms with E-state index >= 15 is 0 Å². The Morgan fingerprint density at radius 2 is 1.90 bits per heavy atom. The lowest BCUT2D eigenvalue weighted by Gasteiger charge is -2.16. The van der Waals surface area contributed by atoms with Crippen molar-refractivity contribution in [1.29, 1.82) is 0 Å². The van der Waals surface area contributed by atoms with Crippen molar-refractivity contribution in [2.24, 2.45) is 27.9 Å². The molecule has 0 aliphatic rings. The van der Waals surface area contributed by atoms with Crippen molar-refractivity contribution in [1.82, 2.24) is 5.32 Å². The van der Waals surface area contributed by atoms with Crippen molar-refractivity contribution >= 4 is 18.2 Å². The number of hydrogen-bond donors (Lipinski definition) is 5. The fourth-order valence-electron chi connectivity index (χ4n) is 1.62. The molecule has 2 atom stereocenters. The number of unbranched alkanes of at least 4 members (excludes halogenated alkanes) is 1. The van der Waals surface area contributed by atoms with Crippen LogP contribution in [0.15, 0.2) is 4.99 Å². The van der Waals surface area contributed by atoms with Gasteiger partial charge in [-0.25, -0.2) is 0 Å². The zero-order valence-corrected chi connectivity index (χ0v) is 11.8. The maximum absolute atomic E-state index is 11.8. The molecular formula is C12H26N6O2. The number of nitrogens with two attached hydrogens (primary N) is 4. The van der Waals surface area contributed by atoms with Crippen molar-refractivity contribution in [3.05, 3.63) is 0 Å². The second kappa shape index (κ2) is 11.2. The molecule has 0 saturated heterocycles. The van der Waals surface area contributed by atoms with E-state index in [1.165, 1.54) is 0 Å². The van der Waals surface area contributed by atoms with Crippen LogP contribution in [-0.4, -0.2) is 43.3 Å². The Morgan fingerprint density at radius 3 is 2.45 bits per heavy atom. The summed E-state index contributed by atoms with van der Waals surface area (Å²) in [6, 6.07) is -1.17. The normalized spacial score (nSPS) is 13.3. The molecule has 8 heteroatoms. The first kappa shape index (κ1) is 18.3. The van der Waals surface area contributed by atoms with Crippen molar-refractivity contribution in [3.63, 3.8) is 0 Å². The van der Waals surface area contributed by atoms with Gasteiger partial charge in [0.2, 0.25) is 5.91 Å². The average molecular weight is 286 g/mol. The number of hydrogen-bond acceptors (Lipinski definition) is 5. The van der Waals surface area contributed by atoms with E-state index in [4.69, 9.17) is 22.9 Å². The number of guanidine groups is 1. The molecule has 9 N–H and O–H groups in total. The fraction of sp³-hybridized carbons (Fsp3) is 0.750. The number of aliphatic imine (C=N–C) groups is 1. The Hall–Kier alpha value is -1.67. The van der Waals surface area contributed by atoms with Crippen molar-refractivity contribution in [2.45, 2.75) is 44.2 Å². The van der Waals surface area contributed by atoms with Gasteiger partial charge in [-0.15, -0.1) is 0 Å². The van der Waals surface area contributed by atoms with Gasteiger partial charge in [0.05, 0.1) is 12.1 Å². The molecule has 0 heterocycles. The van der Waals surface area contributed by atoms with Gasteiger partial charge in [-0.3, -0.25) is 9.79 Å². The second-order valence-corrected chi connectivity index (χ2v) is 4.59. The third kappa shape index (κ3) is 9.29. The summed E-state index contributed by atoms with van der Waals surface area (Å²) in [5, 5.41) is 2.62. The third-order valence-corrected chi connectivity index (χ3v) is 2.77. The van der Waals surface area contributed by atoms with Gasteiger partial charge >= 0.3 is 0 Å². The zero-order chi connectivity index (χ0) is 15.4. The minimum Gasteiger partial charge on any atom is -0.370 e. The number of rotatable bonds is 11. The summed E-state index contributed by atoms with van der Waals surface area (Å²) in [5.41, 5.74) is 21.5. The first-order chi connectivity index (χ1) is 9.51. The first-order valence-corrected chi connectivity index (χ1v) is 6.78. The Morgan fingerprint density at radius 1 is 1.20 bits per heavy atom. The van der Waals surface area contributed by atoms with Gasteiger partial charge in [-0.2, -0.15) is 0 Å². The van der Waals surface area contributed by atoms with Gasteiger partial charge in [0.1, 0.15) is 6.29 Å². The van der Waals surface area contributed by atoms with Crippen LogP contribution >= 0.6 is 0 Å². The van der Waals surface area contributed by atoms with Crippen LogP contribution in [0.2, 0.25) is 0 Å². The van der Waals surface area contributed by atoms with Gasteiger partial charge in [0.25, 0.3) is 0 Å². The van der Waals surface area contributed by atoms with Crippen molar-refractivity contribution in [2.75, 3.05) is 13.1 Å². The van der Waals surface area contributed by atoms with Gasteiger partial charge in [0.15, 0.2) is 5.96 Å². The highest BCUT2D eigenvalue weighted by molar-refractivity contribution is 5.84. The molecule has 0 fully saturated rings. The Labute approximate surface area is 119 Å². The van der Waals surface area contributed by atoms with Crippen LogP contribution in [0, 0.1) is 0 Å². The number of nitrogens with one attached hydrogen (secondary N) is 1. The number of carbonyl (C=O) groups excluding carboxylic acids is 2. The van der Waals surface area contributed by atoms with E-state index in [0.29, 0.717) is 32.4 Å². The maximum Gasteiger partial charge on any atom is 0.237 e. The summed E-state index contributed by atoms with van der Waals surface area (Å²) in [6.45, 7) is 1.00. The molecule has 0 rings (SSSR count).